The van der Waals surface area contributed by atoms with E-state index in [9.17, 15) is 0 Å². The van der Waals surface area contributed by atoms with Gasteiger partial charge in [0.15, 0.2) is 11.6 Å². The van der Waals surface area contributed by atoms with E-state index in [1.807, 2.05) is 22.9 Å². The maximum absolute atomic E-state index is 5.83. The van der Waals surface area contributed by atoms with Crippen LogP contribution >= 0.6 is 0 Å². The van der Waals surface area contributed by atoms with Crippen molar-refractivity contribution in [2.75, 3.05) is 13.2 Å². The number of ether oxygens (including phenoxy) is 2. The number of rotatable bonds is 6. The van der Waals surface area contributed by atoms with E-state index in [2.05, 4.69) is 17.2 Å². The SMILES string of the molecule is c1ccc(-n2nc(C3CC3)nc2COC[C@@H]2CCCO2)cc1. The Balaban J connectivity index is 1.49. The van der Waals surface area contributed by atoms with Gasteiger partial charge in [0.25, 0.3) is 0 Å². The van der Waals surface area contributed by atoms with Gasteiger partial charge in [0.2, 0.25) is 0 Å². The van der Waals surface area contributed by atoms with E-state index in [-0.39, 0.29) is 6.10 Å². The van der Waals surface area contributed by atoms with E-state index >= 15 is 0 Å². The maximum atomic E-state index is 5.83. The number of benzene rings is 1. The minimum Gasteiger partial charge on any atom is -0.376 e. The minimum atomic E-state index is 0.246. The van der Waals surface area contributed by atoms with Gasteiger partial charge in [-0.25, -0.2) is 9.67 Å². The van der Waals surface area contributed by atoms with Crippen molar-refractivity contribution in [1.29, 1.82) is 0 Å². The van der Waals surface area contributed by atoms with Crippen LogP contribution in [-0.4, -0.2) is 34.1 Å². The highest BCUT2D eigenvalue weighted by molar-refractivity contribution is 5.31. The van der Waals surface area contributed by atoms with Crippen LogP contribution in [0, 0.1) is 0 Å². The molecule has 0 N–H and O–H groups in total. The summed E-state index contributed by atoms with van der Waals surface area (Å²) in [6, 6.07) is 10.1. The first-order chi connectivity index (χ1) is 10.9. The molecule has 2 aliphatic rings. The Morgan fingerprint density at radius 2 is 2.05 bits per heavy atom. The lowest BCUT2D eigenvalue weighted by Gasteiger charge is -2.10. The van der Waals surface area contributed by atoms with Gasteiger partial charge in [-0.15, -0.1) is 0 Å². The average molecular weight is 299 g/mol. The number of aromatic nitrogens is 3. The predicted molar refractivity (Wildman–Crippen MR) is 82.0 cm³/mol. The van der Waals surface area contributed by atoms with Crippen LogP contribution in [0.5, 0.6) is 0 Å². The number of hydrogen-bond donors (Lipinski definition) is 0. The van der Waals surface area contributed by atoms with Crippen LogP contribution in [0.1, 0.15) is 43.3 Å². The van der Waals surface area contributed by atoms with Crippen LogP contribution in [0.4, 0.5) is 0 Å². The van der Waals surface area contributed by atoms with Crippen molar-refractivity contribution in [3.05, 3.63) is 42.0 Å². The van der Waals surface area contributed by atoms with Gasteiger partial charge in [-0.1, -0.05) is 18.2 Å². The molecule has 1 aromatic heterocycles. The molecule has 1 aromatic carbocycles. The monoisotopic (exact) mass is 299 g/mol. The Morgan fingerprint density at radius 3 is 2.77 bits per heavy atom. The third-order valence-corrected chi connectivity index (χ3v) is 4.19. The molecule has 2 fully saturated rings. The van der Waals surface area contributed by atoms with Crippen LogP contribution in [0.3, 0.4) is 0 Å². The molecule has 1 aliphatic heterocycles. The molecule has 0 radical (unpaired) electrons. The summed E-state index contributed by atoms with van der Waals surface area (Å²) >= 11 is 0. The normalized spacial score (nSPS) is 21.4. The van der Waals surface area contributed by atoms with Crippen molar-refractivity contribution in [2.45, 2.75) is 44.3 Å². The molecule has 1 aliphatic carbocycles. The number of para-hydroxylation sites is 1. The molecule has 0 spiro atoms. The fourth-order valence-electron chi connectivity index (χ4n) is 2.80. The highest BCUT2D eigenvalue weighted by Crippen LogP contribution is 2.38. The third kappa shape index (κ3) is 3.05. The van der Waals surface area contributed by atoms with Gasteiger partial charge in [-0.2, -0.15) is 5.10 Å². The van der Waals surface area contributed by atoms with Gasteiger partial charge >= 0.3 is 0 Å². The van der Waals surface area contributed by atoms with Crippen molar-refractivity contribution >= 4 is 0 Å². The summed E-state index contributed by atoms with van der Waals surface area (Å²) in [5, 5.41) is 4.69. The van der Waals surface area contributed by atoms with Gasteiger partial charge in [0.1, 0.15) is 6.61 Å². The third-order valence-electron chi connectivity index (χ3n) is 4.19. The first kappa shape index (κ1) is 13.9. The van der Waals surface area contributed by atoms with Crippen LogP contribution in [0.15, 0.2) is 30.3 Å². The molecule has 1 saturated heterocycles. The summed E-state index contributed by atoms with van der Waals surface area (Å²) in [7, 11) is 0. The molecular formula is C17H21N3O2. The lowest BCUT2D eigenvalue weighted by Crippen LogP contribution is -2.15. The lowest BCUT2D eigenvalue weighted by atomic mass is 10.2. The van der Waals surface area contributed by atoms with E-state index in [4.69, 9.17) is 14.5 Å². The summed E-state index contributed by atoms with van der Waals surface area (Å²) in [6.07, 6.45) is 4.89. The molecule has 22 heavy (non-hydrogen) atoms. The first-order valence-electron chi connectivity index (χ1n) is 8.11. The zero-order chi connectivity index (χ0) is 14.8. The van der Waals surface area contributed by atoms with Gasteiger partial charge < -0.3 is 9.47 Å². The fraction of sp³-hybridized carbons (Fsp3) is 0.529. The fourth-order valence-corrected chi connectivity index (χ4v) is 2.80. The zero-order valence-corrected chi connectivity index (χ0v) is 12.6. The van der Waals surface area contributed by atoms with Gasteiger partial charge in [-0.3, -0.25) is 0 Å². The number of nitrogens with zero attached hydrogens (tertiary/aromatic N) is 3. The molecule has 4 rings (SSSR count). The van der Waals surface area contributed by atoms with Gasteiger partial charge in [0.05, 0.1) is 18.4 Å². The second-order valence-electron chi connectivity index (χ2n) is 6.06. The average Bonchev–Trinajstić information content (AvgIpc) is 3.11. The van der Waals surface area contributed by atoms with Crippen molar-refractivity contribution in [1.82, 2.24) is 14.8 Å². The number of hydrogen-bond acceptors (Lipinski definition) is 4. The standard InChI is InChI=1S/C17H21N3O2/c1-2-5-14(6-3-1)20-16(18-17(19-20)13-8-9-13)12-21-11-15-7-4-10-22-15/h1-3,5-6,13,15H,4,7-12H2/t15-/m0/s1. The molecule has 2 aromatic rings. The second kappa shape index (κ2) is 6.18. The Labute approximate surface area is 130 Å². The predicted octanol–water partition coefficient (Wildman–Crippen LogP) is 2.84. The quantitative estimate of drug-likeness (QED) is 0.823. The topological polar surface area (TPSA) is 49.2 Å². The van der Waals surface area contributed by atoms with E-state index < -0.39 is 0 Å². The van der Waals surface area contributed by atoms with Crippen LogP contribution in [0.2, 0.25) is 0 Å². The Hall–Kier alpha value is -1.72. The molecule has 5 heteroatoms. The molecule has 0 amide bonds. The smallest absolute Gasteiger partial charge is 0.158 e. The summed E-state index contributed by atoms with van der Waals surface area (Å²) < 4.78 is 13.3. The molecule has 2 heterocycles. The Morgan fingerprint density at radius 1 is 1.18 bits per heavy atom. The Kier molecular flexibility index (Phi) is 3.91. The van der Waals surface area contributed by atoms with E-state index in [1.54, 1.807) is 0 Å². The second-order valence-corrected chi connectivity index (χ2v) is 6.06. The molecule has 0 unspecified atom stereocenters. The maximum Gasteiger partial charge on any atom is 0.158 e. The highest BCUT2D eigenvalue weighted by Gasteiger charge is 2.29. The van der Waals surface area contributed by atoms with Crippen LogP contribution in [0.25, 0.3) is 5.69 Å². The van der Waals surface area contributed by atoms with Crippen molar-refractivity contribution in [3.8, 4) is 5.69 Å². The highest BCUT2D eigenvalue weighted by atomic mass is 16.5. The van der Waals surface area contributed by atoms with E-state index in [0.29, 0.717) is 19.1 Å². The van der Waals surface area contributed by atoms with Gasteiger partial charge in [-0.05, 0) is 37.8 Å². The largest absolute Gasteiger partial charge is 0.376 e. The van der Waals surface area contributed by atoms with Crippen molar-refractivity contribution in [3.63, 3.8) is 0 Å². The van der Waals surface area contributed by atoms with Crippen molar-refractivity contribution in [2.24, 2.45) is 0 Å². The zero-order valence-electron chi connectivity index (χ0n) is 12.6. The van der Waals surface area contributed by atoms with Crippen molar-refractivity contribution < 1.29 is 9.47 Å². The molecule has 1 atom stereocenters. The molecule has 116 valence electrons. The van der Waals surface area contributed by atoms with Gasteiger partial charge in [0, 0.05) is 12.5 Å². The Bertz CT molecular complexity index is 616. The summed E-state index contributed by atoms with van der Waals surface area (Å²) in [6.45, 7) is 1.98. The lowest BCUT2D eigenvalue weighted by molar-refractivity contribution is 0.00816. The first-order valence-corrected chi connectivity index (χ1v) is 8.11. The molecular weight excluding hydrogens is 278 g/mol. The van der Waals surface area contributed by atoms with E-state index in [1.165, 1.54) is 12.8 Å². The summed E-state index contributed by atoms with van der Waals surface area (Å²) in [5.41, 5.74) is 1.04. The molecule has 0 bridgehead atoms. The van der Waals surface area contributed by atoms with Crippen LogP contribution < -0.4 is 0 Å². The van der Waals surface area contributed by atoms with Crippen LogP contribution in [-0.2, 0) is 16.1 Å². The minimum absolute atomic E-state index is 0.246. The molecule has 5 nitrogen and oxygen atoms in total. The van der Waals surface area contributed by atoms with E-state index in [0.717, 1.165) is 36.8 Å². The summed E-state index contributed by atoms with van der Waals surface area (Å²) in [5.74, 6) is 2.38. The molecule has 1 saturated carbocycles. The summed E-state index contributed by atoms with van der Waals surface area (Å²) in [4.78, 5) is 4.70.